The molecule has 0 saturated heterocycles. The molecule has 0 radical (unpaired) electrons. The Morgan fingerprint density at radius 2 is 2.16 bits per heavy atom. The third-order valence-electron chi connectivity index (χ3n) is 3.25. The Morgan fingerprint density at radius 3 is 2.84 bits per heavy atom. The Morgan fingerprint density at radius 1 is 1.32 bits per heavy atom. The van der Waals surface area contributed by atoms with E-state index in [9.17, 15) is 0 Å². The summed E-state index contributed by atoms with van der Waals surface area (Å²) in [6.45, 7) is 1.24. The number of aromatic nitrogens is 3. The van der Waals surface area contributed by atoms with E-state index in [0.717, 1.165) is 33.7 Å². The molecule has 5 heteroatoms. The molecule has 2 aromatic heterocycles. The highest BCUT2D eigenvalue weighted by Crippen LogP contribution is 2.25. The van der Waals surface area contributed by atoms with Crippen LogP contribution in [0, 0.1) is 0 Å². The zero-order valence-corrected chi connectivity index (χ0v) is 11.4. The fourth-order valence-corrected chi connectivity index (χ4v) is 2.52. The molecule has 0 aliphatic rings. The minimum absolute atomic E-state index is 0.521. The van der Waals surface area contributed by atoms with Gasteiger partial charge >= 0.3 is 0 Å². The van der Waals surface area contributed by atoms with Gasteiger partial charge in [0, 0.05) is 36.4 Å². The lowest BCUT2D eigenvalue weighted by atomic mass is 10.2. The maximum atomic E-state index is 6.09. The molecule has 0 unspecified atom stereocenters. The second-order valence-electron chi connectivity index (χ2n) is 4.63. The van der Waals surface area contributed by atoms with E-state index in [1.165, 1.54) is 0 Å². The highest BCUT2D eigenvalue weighted by molar-refractivity contribution is 6.31. The number of hydrogen-bond acceptors (Lipinski definition) is 2. The first-order chi connectivity index (χ1) is 9.17. The topological polar surface area (TPSA) is 48.8 Å². The maximum absolute atomic E-state index is 6.09. The van der Waals surface area contributed by atoms with Crippen molar-refractivity contribution in [2.45, 2.75) is 13.1 Å². The van der Waals surface area contributed by atoms with E-state index in [4.69, 9.17) is 17.3 Å². The van der Waals surface area contributed by atoms with Gasteiger partial charge in [-0.25, -0.2) is 0 Å². The SMILES string of the molecule is Cn1ccc(Cn2cc(CN)c3ccc(Cl)cc32)n1. The van der Waals surface area contributed by atoms with Crippen LogP contribution < -0.4 is 5.73 Å². The first kappa shape index (κ1) is 12.3. The highest BCUT2D eigenvalue weighted by Gasteiger charge is 2.09. The minimum atomic E-state index is 0.521. The number of aryl methyl sites for hydroxylation is 1. The van der Waals surface area contributed by atoms with Gasteiger partial charge in [-0.05, 0) is 23.8 Å². The second kappa shape index (κ2) is 4.72. The van der Waals surface area contributed by atoms with Gasteiger partial charge in [0.15, 0.2) is 0 Å². The van der Waals surface area contributed by atoms with Crippen molar-refractivity contribution >= 4 is 22.5 Å². The van der Waals surface area contributed by atoms with E-state index in [1.54, 1.807) is 4.68 Å². The smallest absolute Gasteiger partial charge is 0.0821 e. The van der Waals surface area contributed by atoms with E-state index in [0.29, 0.717) is 6.54 Å². The van der Waals surface area contributed by atoms with E-state index in [1.807, 2.05) is 37.5 Å². The number of rotatable bonds is 3. The summed E-state index contributed by atoms with van der Waals surface area (Å²) in [7, 11) is 1.92. The van der Waals surface area contributed by atoms with Crippen LogP contribution in [0.4, 0.5) is 0 Å². The van der Waals surface area contributed by atoms with E-state index in [2.05, 4.69) is 15.9 Å². The molecule has 0 aliphatic carbocycles. The average molecular weight is 275 g/mol. The van der Waals surface area contributed by atoms with Gasteiger partial charge in [0.25, 0.3) is 0 Å². The molecule has 0 atom stereocenters. The van der Waals surface area contributed by atoms with E-state index in [-0.39, 0.29) is 0 Å². The molecule has 3 rings (SSSR count). The number of nitrogens with zero attached hydrogens (tertiary/aromatic N) is 3. The summed E-state index contributed by atoms with van der Waals surface area (Å²) in [5.74, 6) is 0. The van der Waals surface area contributed by atoms with Crippen molar-refractivity contribution in [3.8, 4) is 0 Å². The summed E-state index contributed by atoms with van der Waals surface area (Å²) in [5.41, 5.74) is 9.04. The summed E-state index contributed by atoms with van der Waals surface area (Å²) < 4.78 is 3.95. The molecule has 19 heavy (non-hydrogen) atoms. The average Bonchev–Trinajstić information content (AvgIpc) is 2.94. The van der Waals surface area contributed by atoms with Gasteiger partial charge in [0.2, 0.25) is 0 Å². The van der Waals surface area contributed by atoms with E-state index < -0.39 is 0 Å². The summed E-state index contributed by atoms with van der Waals surface area (Å²) in [5, 5.41) is 6.29. The quantitative estimate of drug-likeness (QED) is 0.798. The molecule has 0 aliphatic heterocycles. The molecule has 4 nitrogen and oxygen atoms in total. The predicted molar refractivity (Wildman–Crippen MR) is 77.1 cm³/mol. The lowest BCUT2D eigenvalue weighted by molar-refractivity contribution is 0.715. The van der Waals surface area contributed by atoms with Gasteiger partial charge in [-0.15, -0.1) is 0 Å². The maximum Gasteiger partial charge on any atom is 0.0821 e. The molecule has 98 valence electrons. The van der Waals surface area contributed by atoms with Gasteiger partial charge in [-0.2, -0.15) is 5.10 Å². The monoisotopic (exact) mass is 274 g/mol. The molecule has 0 saturated carbocycles. The fraction of sp³-hybridized carbons (Fsp3) is 0.214. The Kier molecular flexibility index (Phi) is 3.05. The van der Waals surface area contributed by atoms with Gasteiger partial charge in [0.1, 0.15) is 0 Å². The van der Waals surface area contributed by atoms with Crippen LogP contribution in [-0.2, 0) is 20.1 Å². The highest BCUT2D eigenvalue weighted by atomic mass is 35.5. The van der Waals surface area contributed by atoms with Crippen molar-refractivity contribution < 1.29 is 0 Å². The molecule has 2 N–H and O–H groups in total. The van der Waals surface area contributed by atoms with Crippen molar-refractivity contribution in [2.75, 3.05) is 0 Å². The van der Waals surface area contributed by atoms with Crippen molar-refractivity contribution in [2.24, 2.45) is 12.8 Å². The summed E-state index contributed by atoms with van der Waals surface area (Å²) in [4.78, 5) is 0. The van der Waals surface area contributed by atoms with Gasteiger partial charge in [0.05, 0.1) is 17.8 Å². The molecular formula is C14H15ClN4. The summed E-state index contributed by atoms with van der Waals surface area (Å²) in [6, 6.07) is 7.90. The van der Waals surface area contributed by atoms with Crippen molar-refractivity contribution in [1.82, 2.24) is 14.3 Å². The first-order valence-electron chi connectivity index (χ1n) is 6.13. The first-order valence-corrected chi connectivity index (χ1v) is 6.51. The molecule has 3 aromatic rings. The van der Waals surface area contributed by atoms with Gasteiger partial charge < -0.3 is 10.3 Å². The van der Waals surface area contributed by atoms with Gasteiger partial charge in [-0.3, -0.25) is 4.68 Å². The van der Waals surface area contributed by atoms with Crippen LogP contribution in [0.2, 0.25) is 5.02 Å². The third kappa shape index (κ3) is 2.25. The lowest BCUT2D eigenvalue weighted by Gasteiger charge is -2.03. The van der Waals surface area contributed by atoms with Gasteiger partial charge in [-0.1, -0.05) is 17.7 Å². The van der Waals surface area contributed by atoms with Crippen LogP contribution in [0.15, 0.2) is 36.7 Å². The zero-order chi connectivity index (χ0) is 13.4. The molecule has 0 amide bonds. The van der Waals surface area contributed by atoms with Crippen LogP contribution in [-0.4, -0.2) is 14.3 Å². The number of benzene rings is 1. The number of fused-ring (bicyclic) bond motifs is 1. The Labute approximate surface area is 116 Å². The number of halogens is 1. The van der Waals surface area contributed by atoms with Crippen LogP contribution in [0.25, 0.3) is 10.9 Å². The molecule has 0 bridgehead atoms. The van der Waals surface area contributed by atoms with Crippen LogP contribution in [0.3, 0.4) is 0 Å². The number of nitrogens with two attached hydrogens (primary N) is 1. The molecule has 0 fully saturated rings. The third-order valence-corrected chi connectivity index (χ3v) is 3.48. The lowest BCUT2D eigenvalue weighted by Crippen LogP contribution is -2.00. The standard InChI is InChI=1S/C14H15ClN4/c1-18-5-4-12(17-18)9-19-8-10(7-16)13-3-2-11(15)6-14(13)19/h2-6,8H,7,9,16H2,1H3. The summed E-state index contributed by atoms with van der Waals surface area (Å²) in [6.07, 6.45) is 4.02. The van der Waals surface area contributed by atoms with Crippen molar-refractivity contribution in [1.29, 1.82) is 0 Å². The molecular weight excluding hydrogens is 260 g/mol. The molecule has 0 spiro atoms. The van der Waals surface area contributed by atoms with E-state index >= 15 is 0 Å². The van der Waals surface area contributed by atoms with Crippen LogP contribution in [0.5, 0.6) is 0 Å². The summed E-state index contributed by atoms with van der Waals surface area (Å²) >= 11 is 6.09. The fourth-order valence-electron chi connectivity index (χ4n) is 2.36. The Balaban J connectivity index is 2.09. The van der Waals surface area contributed by atoms with Crippen LogP contribution in [0.1, 0.15) is 11.3 Å². The second-order valence-corrected chi connectivity index (χ2v) is 5.07. The van der Waals surface area contributed by atoms with Crippen molar-refractivity contribution in [3.63, 3.8) is 0 Å². The molecule has 1 aromatic carbocycles. The van der Waals surface area contributed by atoms with Crippen LogP contribution >= 0.6 is 11.6 Å². The largest absolute Gasteiger partial charge is 0.341 e. The van der Waals surface area contributed by atoms with Crippen molar-refractivity contribution in [3.05, 3.63) is 52.9 Å². The molecule has 2 heterocycles. The normalized spacial score (nSPS) is 11.3. The Bertz CT molecular complexity index is 726. The minimum Gasteiger partial charge on any atom is -0.341 e. The Hall–Kier alpha value is -1.78. The zero-order valence-electron chi connectivity index (χ0n) is 10.7. The number of hydrogen-bond donors (Lipinski definition) is 1. The predicted octanol–water partition coefficient (Wildman–Crippen LogP) is 2.54.